The summed E-state index contributed by atoms with van der Waals surface area (Å²) >= 11 is 0. The van der Waals surface area contributed by atoms with Crippen molar-refractivity contribution in [2.45, 2.75) is 19.4 Å². The Bertz CT molecular complexity index is 233. The fourth-order valence-corrected chi connectivity index (χ4v) is 3.48. The standard InChI is InChI=1S/C9H16O4Si/c1-8(2)9(11)14(12-3,13-4)7-5-6-10/h6H,1,5,7H2,2-4H3. The molecule has 0 radical (unpaired) electrons. The molecule has 0 heterocycles. The van der Waals surface area contributed by atoms with Crippen LogP contribution in [0.4, 0.5) is 0 Å². The van der Waals surface area contributed by atoms with Crippen molar-refractivity contribution in [1.82, 2.24) is 0 Å². The Labute approximate surface area is 85.1 Å². The number of hydrogen-bond donors (Lipinski definition) is 0. The van der Waals surface area contributed by atoms with E-state index in [9.17, 15) is 9.59 Å². The van der Waals surface area contributed by atoms with E-state index in [-0.39, 0.29) is 11.8 Å². The maximum atomic E-state index is 11.7. The van der Waals surface area contributed by atoms with Gasteiger partial charge in [0.05, 0.1) is 0 Å². The zero-order valence-electron chi connectivity index (χ0n) is 8.83. The van der Waals surface area contributed by atoms with Crippen LogP contribution in [0.15, 0.2) is 12.2 Å². The molecule has 0 aromatic carbocycles. The van der Waals surface area contributed by atoms with E-state index in [1.54, 1.807) is 6.92 Å². The van der Waals surface area contributed by atoms with E-state index in [0.717, 1.165) is 6.29 Å². The molecule has 0 saturated heterocycles. The molecule has 4 nitrogen and oxygen atoms in total. The molecule has 0 atom stereocenters. The highest BCUT2D eigenvalue weighted by Crippen LogP contribution is 2.18. The van der Waals surface area contributed by atoms with Gasteiger partial charge in [-0.3, -0.25) is 4.79 Å². The summed E-state index contributed by atoms with van der Waals surface area (Å²) in [5.41, 5.74) is 0.409. The molecule has 5 heteroatoms. The molecule has 0 rings (SSSR count). The van der Waals surface area contributed by atoms with Crippen LogP contribution >= 0.6 is 0 Å². The first kappa shape index (κ1) is 13.2. The fourth-order valence-electron chi connectivity index (χ4n) is 1.16. The number of carbonyl (C=O) groups excluding carboxylic acids is 2. The summed E-state index contributed by atoms with van der Waals surface area (Å²) in [6.45, 7) is 5.18. The Morgan fingerprint density at radius 2 is 1.93 bits per heavy atom. The summed E-state index contributed by atoms with van der Waals surface area (Å²) < 4.78 is 10.3. The van der Waals surface area contributed by atoms with Crippen LogP contribution in [0.2, 0.25) is 6.04 Å². The lowest BCUT2D eigenvalue weighted by Gasteiger charge is -2.24. The summed E-state index contributed by atoms with van der Waals surface area (Å²) in [4.78, 5) is 22.0. The predicted octanol–water partition coefficient (Wildman–Crippen LogP) is 0.995. The molecule has 0 unspecified atom stereocenters. The topological polar surface area (TPSA) is 52.6 Å². The molecular weight excluding hydrogens is 200 g/mol. The van der Waals surface area contributed by atoms with Crippen molar-refractivity contribution >= 4 is 20.3 Å². The SMILES string of the molecule is C=C(C)C(=O)[Si](CCC=O)(OC)OC. The summed E-state index contributed by atoms with van der Waals surface area (Å²) in [5, 5.41) is -0.190. The van der Waals surface area contributed by atoms with Crippen molar-refractivity contribution in [2.24, 2.45) is 0 Å². The van der Waals surface area contributed by atoms with Gasteiger partial charge in [-0.2, -0.15) is 0 Å². The number of aldehydes is 1. The van der Waals surface area contributed by atoms with Crippen LogP contribution in [-0.4, -0.2) is 34.5 Å². The van der Waals surface area contributed by atoms with E-state index in [1.165, 1.54) is 14.2 Å². The maximum Gasteiger partial charge on any atom is 0.415 e. The molecule has 0 N–H and O–H groups in total. The van der Waals surface area contributed by atoms with Gasteiger partial charge in [-0.15, -0.1) is 0 Å². The lowest BCUT2D eigenvalue weighted by molar-refractivity contribution is -0.112. The molecule has 0 aliphatic carbocycles. The molecule has 0 spiro atoms. The van der Waals surface area contributed by atoms with E-state index >= 15 is 0 Å². The minimum absolute atomic E-state index is 0.190. The molecule has 0 aromatic heterocycles. The molecule has 0 saturated carbocycles. The minimum Gasteiger partial charge on any atom is -0.392 e. The third-order valence-electron chi connectivity index (χ3n) is 1.98. The second-order valence-corrected chi connectivity index (χ2v) is 6.25. The van der Waals surface area contributed by atoms with E-state index in [0.29, 0.717) is 11.6 Å². The molecular formula is C9H16O4Si. The van der Waals surface area contributed by atoms with Gasteiger partial charge >= 0.3 is 8.56 Å². The van der Waals surface area contributed by atoms with Gasteiger partial charge in [0.25, 0.3) is 0 Å². The number of allylic oxidation sites excluding steroid dienone is 1. The van der Waals surface area contributed by atoms with Crippen molar-refractivity contribution in [3.8, 4) is 0 Å². The first-order chi connectivity index (χ1) is 6.54. The van der Waals surface area contributed by atoms with Gasteiger partial charge in [-0.05, 0) is 12.5 Å². The summed E-state index contributed by atoms with van der Waals surface area (Å²) in [6.07, 6.45) is 1.03. The van der Waals surface area contributed by atoms with E-state index in [2.05, 4.69) is 6.58 Å². The van der Waals surface area contributed by atoms with Crippen molar-refractivity contribution in [2.75, 3.05) is 14.2 Å². The highest BCUT2D eigenvalue weighted by atomic mass is 28.4. The average molecular weight is 216 g/mol. The van der Waals surface area contributed by atoms with Crippen molar-refractivity contribution < 1.29 is 18.4 Å². The first-order valence-corrected chi connectivity index (χ1v) is 6.30. The Morgan fingerprint density at radius 3 is 2.21 bits per heavy atom. The van der Waals surface area contributed by atoms with Crippen LogP contribution in [0.25, 0.3) is 0 Å². The quantitative estimate of drug-likeness (QED) is 0.362. The maximum absolute atomic E-state index is 11.7. The fraction of sp³-hybridized carbons (Fsp3) is 0.556. The number of hydrogen-bond acceptors (Lipinski definition) is 4. The van der Waals surface area contributed by atoms with Gasteiger partial charge in [0.15, 0.2) is 5.41 Å². The smallest absolute Gasteiger partial charge is 0.392 e. The Kier molecular flexibility index (Phi) is 5.52. The monoisotopic (exact) mass is 216 g/mol. The predicted molar refractivity (Wildman–Crippen MR) is 55.1 cm³/mol. The van der Waals surface area contributed by atoms with Gasteiger partial charge in [-0.25, -0.2) is 0 Å². The molecule has 80 valence electrons. The molecule has 0 aliphatic heterocycles. The van der Waals surface area contributed by atoms with Crippen LogP contribution in [0.3, 0.4) is 0 Å². The Balaban J connectivity index is 4.76. The van der Waals surface area contributed by atoms with Crippen LogP contribution in [0, 0.1) is 0 Å². The normalized spacial score (nSPS) is 11.1. The lowest BCUT2D eigenvalue weighted by Crippen LogP contribution is -2.49. The van der Waals surface area contributed by atoms with E-state index < -0.39 is 8.56 Å². The molecule has 14 heavy (non-hydrogen) atoms. The molecule has 0 fully saturated rings. The Morgan fingerprint density at radius 1 is 1.43 bits per heavy atom. The van der Waals surface area contributed by atoms with Gasteiger partial charge in [0.1, 0.15) is 6.29 Å². The third-order valence-corrected chi connectivity index (χ3v) is 5.37. The largest absolute Gasteiger partial charge is 0.415 e. The number of rotatable bonds is 7. The Hall–Kier alpha value is -0.783. The molecule has 0 amide bonds. The summed E-state index contributed by atoms with van der Waals surface area (Å²) in [7, 11) is -0.0367. The van der Waals surface area contributed by atoms with Gasteiger partial charge < -0.3 is 13.6 Å². The van der Waals surface area contributed by atoms with Crippen molar-refractivity contribution in [3.63, 3.8) is 0 Å². The van der Waals surface area contributed by atoms with Crippen LogP contribution < -0.4 is 0 Å². The van der Waals surface area contributed by atoms with Gasteiger partial charge in [-0.1, -0.05) is 6.58 Å². The van der Waals surface area contributed by atoms with Crippen LogP contribution in [0.1, 0.15) is 13.3 Å². The molecule has 0 aliphatic rings. The number of carbonyl (C=O) groups is 2. The van der Waals surface area contributed by atoms with Gasteiger partial charge in [0.2, 0.25) is 0 Å². The van der Waals surface area contributed by atoms with Crippen LogP contribution in [0.5, 0.6) is 0 Å². The highest BCUT2D eigenvalue weighted by Gasteiger charge is 2.44. The first-order valence-electron chi connectivity index (χ1n) is 4.28. The van der Waals surface area contributed by atoms with Crippen molar-refractivity contribution in [3.05, 3.63) is 12.2 Å². The lowest BCUT2D eigenvalue weighted by atomic mass is 10.4. The van der Waals surface area contributed by atoms with Gasteiger partial charge in [0, 0.05) is 26.7 Å². The zero-order chi connectivity index (χ0) is 11.2. The second kappa shape index (κ2) is 5.84. The highest BCUT2D eigenvalue weighted by molar-refractivity contribution is 6.99. The van der Waals surface area contributed by atoms with E-state index in [1.807, 2.05) is 0 Å². The average Bonchev–Trinajstić information content (AvgIpc) is 2.19. The molecule has 0 aromatic rings. The van der Waals surface area contributed by atoms with Crippen molar-refractivity contribution in [1.29, 1.82) is 0 Å². The molecule has 0 bridgehead atoms. The summed E-state index contributed by atoms with van der Waals surface area (Å²) in [6, 6.07) is 0.342. The second-order valence-electron chi connectivity index (χ2n) is 2.98. The van der Waals surface area contributed by atoms with Crippen LogP contribution in [-0.2, 0) is 18.4 Å². The third kappa shape index (κ3) is 2.86. The summed E-state index contributed by atoms with van der Waals surface area (Å²) in [5.74, 6) is 0. The van der Waals surface area contributed by atoms with E-state index in [4.69, 9.17) is 8.85 Å². The zero-order valence-corrected chi connectivity index (χ0v) is 9.83. The minimum atomic E-state index is -2.90.